The summed E-state index contributed by atoms with van der Waals surface area (Å²) < 4.78 is 16.0. The average Bonchev–Trinajstić information content (AvgIpc) is 3.08. The minimum absolute atomic E-state index is 0.183. The second-order valence-electron chi connectivity index (χ2n) is 7.00. The van der Waals surface area contributed by atoms with Crippen molar-refractivity contribution in [1.82, 2.24) is 5.32 Å². The molecule has 7 nitrogen and oxygen atoms in total. The fourth-order valence-electron chi connectivity index (χ4n) is 3.59. The van der Waals surface area contributed by atoms with E-state index in [4.69, 9.17) is 14.2 Å². The molecule has 0 spiro atoms. The average molecular weight is 419 g/mol. The number of fused-ring (bicyclic) bond motifs is 1. The number of hydrogen-bond acceptors (Lipinski definition) is 6. The van der Waals surface area contributed by atoms with E-state index in [1.165, 1.54) is 37.5 Å². The van der Waals surface area contributed by atoms with Crippen LogP contribution >= 0.6 is 11.3 Å². The molecule has 1 aliphatic carbocycles. The molecule has 0 aliphatic heterocycles. The Balaban J connectivity index is 1.98. The molecule has 0 bridgehead atoms. The lowest BCUT2D eigenvalue weighted by molar-refractivity contribution is 0.0963. The van der Waals surface area contributed by atoms with E-state index in [-0.39, 0.29) is 11.8 Å². The Labute approximate surface area is 174 Å². The molecule has 156 valence electrons. The molecular formula is C21H26N2O5S. The van der Waals surface area contributed by atoms with Gasteiger partial charge in [0.15, 0.2) is 11.5 Å². The first-order valence-corrected chi connectivity index (χ1v) is 10.2. The van der Waals surface area contributed by atoms with Gasteiger partial charge in [0.25, 0.3) is 11.8 Å². The maximum Gasteiger partial charge on any atom is 0.256 e. The number of carbonyl (C=O) groups is 2. The largest absolute Gasteiger partial charge is 0.493 e. The third kappa shape index (κ3) is 4.03. The van der Waals surface area contributed by atoms with Crippen LogP contribution in [0.1, 0.15) is 44.5 Å². The van der Waals surface area contributed by atoms with Crippen molar-refractivity contribution in [1.29, 1.82) is 0 Å². The van der Waals surface area contributed by atoms with Crippen LogP contribution in [0.2, 0.25) is 0 Å². The monoisotopic (exact) mass is 418 g/mol. The number of hydrogen-bond donors (Lipinski definition) is 2. The number of benzene rings is 1. The van der Waals surface area contributed by atoms with Crippen LogP contribution in [-0.2, 0) is 12.8 Å². The van der Waals surface area contributed by atoms with E-state index >= 15 is 0 Å². The van der Waals surface area contributed by atoms with Crippen LogP contribution in [0.5, 0.6) is 17.2 Å². The summed E-state index contributed by atoms with van der Waals surface area (Å²) in [4.78, 5) is 26.7. The molecule has 0 saturated heterocycles. The van der Waals surface area contributed by atoms with Crippen LogP contribution < -0.4 is 24.8 Å². The van der Waals surface area contributed by atoms with Gasteiger partial charge in [-0.25, -0.2) is 0 Å². The molecule has 0 fully saturated rings. The van der Waals surface area contributed by atoms with Gasteiger partial charge in [0.1, 0.15) is 5.00 Å². The number of amides is 2. The molecule has 0 radical (unpaired) electrons. The smallest absolute Gasteiger partial charge is 0.256 e. The van der Waals surface area contributed by atoms with Crippen LogP contribution in [0, 0.1) is 5.92 Å². The molecule has 0 saturated carbocycles. The van der Waals surface area contributed by atoms with Gasteiger partial charge in [0.2, 0.25) is 5.75 Å². The van der Waals surface area contributed by atoms with Gasteiger partial charge < -0.3 is 24.8 Å². The highest BCUT2D eigenvalue weighted by atomic mass is 32.1. The predicted molar refractivity (Wildman–Crippen MR) is 113 cm³/mol. The van der Waals surface area contributed by atoms with Gasteiger partial charge in [0.05, 0.1) is 26.9 Å². The first kappa shape index (κ1) is 21.0. The van der Waals surface area contributed by atoms with E-state index in [0.29, 0.717) is 39.3 Å². The van der Waals surface area contributed by atoms with Crippen LogP contribution in [0.15, 0.2) is 12.1 Å². The Morgan fingerprint density at radius 3 is 2.28 bits per heavy atom. The zero-order valence-corrected chi connectivity index (χ0v) is 18.1. The van der Waals surface area contributed by atoms with E-state index in [1.54, 1.807) is 19.2 Å². The lowest BCUT2D eigenvalue weighted by Gasteiger charge is -2.18. The Bertz CT molecular complexity index is 912. The lowest BCUT2D eigenvalue weighted by Crippen LogP contribution is -2.22. The minimum Gasteiger partial charge on any atom is -0.493 e. The number of nitrogens with one attached hydrogen (secondary N) is 2. The van der Waals surface area contributed by atoms with Crippen molar-refractivity contribution in [3.8, 4) is 17.2 Å². The Kier molecular flexibility index (Phi) is 6.32. The highest BCUT2D eigenvalue weighted by Gasteiger charge is 2.28. The van der Waals surface area contributed by atoms with Crippen molar-refractivity contribution >= 4 is 28.2 Å². The SMILES string of the molecule is CNC(=O)c1c(NC(=O)c2cc(OC)c(OC)c(OC)c2)sc2c1CC[C@H](C)C2. The van der Waals surface area contributed by atoms with Gasteiger partial charge in [-0.2, -0.15) is 0 Å². The van der Waals surface area contributed by atoms with E-state index in [1.807, 2.05) is 0 Å². The summed E-state index contributed by atoms with van der Waals surface area (Å²) in [6.07, 6.45) is 2.80. The van der Waals surface area contributed by atoms with Crippen LogP contribution in [0.25, 0.3) is 0 Å². The van der Waals surface area contributed by atoms with Crippen molar-refractivity contribution in [2.75, 3.05) is 33.7 Å². The normalized spacial score (nSPS) is 15.3. The minimum atomic E-state index is -0.346. The standard InChI is InChI=1S/C21H26N2O5S/c1-11-6-7-13-16(8-11)29-21(17(13)20(25)22-2)23-19(24)12-9-14(26-3)18(28-5)15(10-12)27-4/h9-11H,6-8H2,1-5H3,(H,22,25)(H,23,24)/t11-/m0/s1. The van der Waals surface area contributed by atoms with E-state index in [9.17, 15) is 9.59 Å². The maximum absolute atomic E-state index is 13.0. The fourth-order valence-corrected chi connectivity index (χ4v) is 4.99. The van der Waals surface area contributed by atoms with Gasteiger partial charge in [0, 0.05) is 17.5 Å². The van der Waals surface area contributed by atoms with E-state index < -0.39 is 0 Å². The third-order valence-electron chi connectivity index (χ3n) is 5.12. The molecule has 1 aromatic heterocycles. The van der Waals surface area contributed by atoms with Gasteiger partial charge in [-0.1, -0.05) is 6.92 Å². The fraction of sp³-hybridized carbons (Fsp3) is 0.429. The summed E-state index contributed by atoms with van der Waals surface area (Å²) in [6.45, 7) is 2.20. The molecule has 3 rings (SSSR count). The second kappa shape index (κ2) is 8.73. The number of methoxy groups -OCH3 is 3. The Morgan fingerprint density at radius 1 is 1.07 bits per heavy atom. The van der Waals surface area contributed by atoms with Gasteiger partial charge >= 0.3 is 0 Å². The van der Waals surface area contributed by atoms with Crippen molar-refractivity contribution in [2.24, 2.45) is 5.92 Å². The Morgan fingerprint density at radius 2 is 1.72 bits per heavy atom. The molecule has 1 heterocycles. The highest BCUT2D eigenvalue weighted by Crippen LogP contribution is 2.41. The van der Waals surface area contributed by atoms with E-state index in [0.717, 1.165) is 24.8 Å². The predicted octanol–water partition coefficient (Wildman–Crippen LogP) is 3.51. The Hall–Kier alpha value is -2.74. The third-order valence-corrected chi connectivity index (χ3v) is 6.29. The van der Waals surface area contributed by atoms with Crippen LogP contribution in [0.3, 0.4) is 0 Å². The molecule has 8 heteroatoms. The maximum atomic E-state index is 13.0. The molecule has 2 N–H and O–H groups in total. The van der Waals surface area contributed by atoms with Crippen molar-refractivity contribution in [2.45, 2.75) is 26.2 Å². The quantitative estimate of drug-likeness (QED) is 0.750. The lowest BCUT2D eigenvalue weighted by atomic mass is 9.88. The van der Waals surface area contributed by atoms with Gasteiger partial charge in [-0.05, 0) is 42.9 Å². The molecule has 0 unspecified atom stereocenters. The molecular weight excluding hydrogens is 392 g/mol. The summed E-state index contributed by atoms with van der Waals surface area (Å²) in [5.74, 6) is 1.24. The summed E-state index contributed by atoms with van der Waals surface area (Å²) in [5, 5.41) is 6.19. The first-order chi connectivity index (χ1) is 13.9. The second-order valence-corrected chi connectivity index (χ2v) is 8.11. The van der Waals surface area contributed by atoms with Gasteiger partial charge in [-0.3, -0.25) is 9.59 Å². The number of anilines is 1. The topological polar surface area (TPSA) is 85.9 Å². The van der Waals surface area contributed by atoms with E-state index in [2.05, 4.69) is 17.6 Å². The van der Waals surface area contributed by atoms with Crippen molar-refractivity contribution < 1.29 is 23.8 Å². The van der Waals surface area contributed by atoms with Crippen LogP contribution in [0.4, 0.5) is 5.00 Å². The van der Waals surface area contributed by atoms with Gasteiger partial charge in [-0.15, -0.1) is 11.3 Å². The molecule has 1 atom stereocenters. The van der Waals surface area contributed by atoms with Crippen LogP contribution in [-0.4, -0.2) is 40.2 Å². The first-order valence-electron chi connectivity index (χ1n) is 9.41. The number of thiophene rings is 1. The number of ether oxygens (including phenoxy) is 3. The van der Waals surface area contributed by atoms with Crippen molar-refractivity contribution in [3.05, 3.63) is 33.7 Å². The molecule has 2 aromatic rings. The summed E-state index contributed by atoms with van der Waals surface area (Å²) >= 11 is 1.48. The zero-order chi connectivity index (χ0) is 21.1. The number of rotatable bonds is 6. The summed E-state index contributed by atoms with van der Waals surface area (Å²) in [7, 11) is 6.10. The molecule has 29 heavy (non-hydrogen) atoms. The molecule has 1 aromatic carbocycles. The summed E-state index contributed by atoms with van der Waals surface area (Å²) in [6, 6.07) is 3.18. The van der Waals surface area contributed by atoms with Crippen molar-refractivity contribution in [3.63, 3.8) is 0 Å². The molecule has 2 amide bonds. The summed E-state index contributed by atoms with van der Waals surface area (Å²) in [5.41, 5.74) is 1.97. The number of carbonyl (C=O) groups excluding carboxylic acids is 2. The zero-order valence-electron chi connectivity index (χ0n) is 17.3. The molecule has 1 aliphatic rings. The highest BCUT2D eigenvalue weighted by molar-refractivity contribution is 7.17.